The van der Waals surface area contributed by atoms with Crippen molar-refractivity contribution in [2.24, 2.45) is 0 Å². The third-order valence-electron chi connectivity index (χ3n) is 4.23. The van der Waals surface area contributed by atoms with Crippen LogP contribution in [-0.4, -0.2) is 38.5 Å². The summed E-state index contributed by atoms with van der Waals surface area (Å²) in [6.07, 6.45) is 7.33. The van der Waals surface area contributed by atoms with Crippen LogP contribution in [0.2, 0.25) is 0 Å². The van der Waals surface area contributed by atoms with Gasteiger partial charge in [0.25, 0.3) is 11.8 Å². The van der Waals surface area contributed by atoms with Crippen molar-refractivity contribution in [3.63, 3.8) is 0 Å². The van der Waals surface area contributed by atoms with E-state index in [2.05, 4.69) is 15.8 Å². The van der Waals surface area contributed by atoms with E-state index in [0.717, 1.165) is 17.7 Å². The van der Waals surface area contributed by atoms with Gasteiger partial charge in [0.05, 0.1) is 4.91 Å². The van der Waals surface area contributed by atoms with Crippen LogP contribution in [0.4, 0.5) is 0 Å². The number of unbranched alkanes of at least 4 members (excludes halogenated alkanes) is 2. The topological polar surface area (TPSA) is 91.4 Å². The minimum absolute atomic E-state index is 0.0602. The fourth-order valence-corrected chi connectivity index (χ4v) is 4.72. The molecule has 3 rings (SSSR count). The van der Waals surface area contributed by atoms with E-state index in [1.807, 2.05) is 23.6 Å². The van der Waals surface area contributed by atoms with E-state index in [0.29, 0.717) is 27.8 Å². The van der Waals surface area contributed by atoms with Gasteiger partial charge in [0.1, 0.15) is 4.32 Å². The lowest BCUT2D eigenvalue weighted by molar-refractivity contribution is -0.123. The second kappa shape index (κ2) is 11.0. The Balaban J connectivity index is 1.33. The lowest BCUT2D eigenvalue weighted by Gasteiger charge is -2.14. The van der Waals surface area contributed by atoms with Crippen molar-refractivity contribution < 1.29 is 14.4 Å². The molecule has 0 unspecified atom stereocenters. The number of hydrogen-bond donors (Lipinski definition) is 2. The summed E-state index contributed by atoms with van der Waals surface area (Å²) in [4.78, 5) is 43.4. The van der Waals surface area contributed by atoms with E-state index in [4.69, 9.17) is 12.2 Å². The van der Waals surface area contributed by atoms with Gasteiger partial charge in [0.15, 0.2) is 0 Å². The van der Waals surface area contributed by atoms with Gasteiger partial charge in [-0.1, -0.05) is 36.5 Å². The molecule has 2 aromatic heterocycles. The van der Waals surface area contributed by atoms with Gasteiger partial charge in [-0.2, -0.15) is 0 Å². The molecule has 0 bridgehead atoms. The molecule has 0 aromatic carbocycles. The zero-order chi connectivity index (χ0) is 21.3. The van der Waals surface area contributed by atoms with E-state index < -0.39 is 5.91 Å². The molecule has 7 nitrogen and oxygen atoms in total. The van der Waals surface area contributed by atoms with Gasteiger partial charge in [-0.3, -0.25) is 35.1 Å². The third-order valence-corrected chi connectivity index (χ3v) is 6.43. The Morgan fingerprint density at radius 3 is 2.67 bits per heavy atom. The summed E-state index contributed by atoms with van der Waals surface area (Å²) in [7, 11) is 0. The molecule has 1 saturated heterocycles. The van der Waals surface area contributed by atoms with Crippen molar-refractivity contribution in [1.29, 1.82) is 0 Å². The maximum Gasteiger partial charge on any atom is 0.269 e. The van der Waals surface area contributed by atoms with Crippen LogP contribution in [0.3, 0.4) is 0 Å². The normalized spacial score (nSPS) is 14.9. The molecule has 0 radical (unpaired) electrons. The highest BCUT2D eigenvalue weighted by Crippen LogP contribution is 2.33. The monoisotopic (exact) mass is 460 g/mol. The van der Waals surface area contributed by atoms with Crippen LogP contribution in [-0.2, 0) is 9.59 Å². The number of carbonyl (C=O) groups is 3. The van der Waals surface area contributed by atoms with Gasteiger partial charge < -0.3 is 0 Å². The molecular formula is C20H20N4O3S3. The minimum Gasteiger partial charge on any atom is -0.293 e. The largest absolute Gasteiger partial charge is 0.293 e. The summed E-state index contributed by atoms with van der Waals surface area (Å²) in [5.41, 5.74) is 5.19. The number of amides is 3. The lowest BCUT2D eigenvalue weighted by Crippen LogP contribution is -2.41. The molecule has 30 heavy (non-hydrogen) atoms. The van der Waals surface area contributed by atoms with Crippen LogP contribution in [0.25, 0.3) is 6.08 Å². The van der Waals surface area contributed by atoms with Crippen LogP contribution in [0.1, 0.15) is 40.9 Å². The first-order valence-corrected chi connectivity index (χ1v) is 11.4. The standard InChI is InChI=1S/C20H20N4O3S3/c25-17(22-23-18(26)14-7-9-21-10-8-14)6-2-1-3-11-24-19(27)16(30-20(24)28)13-15-5-4-12-29-15/h4-5,7-10,12-13H,1-3,6,11H2,(H,22,25)(H,23,26)/b16-13+. The van der Waals surface area contributed by atoms with Crippen molar-refractivity contribution in [2.75, 3.05) is 6.54 Å². The van der Waals surface area contributed by atoms with Crippen molar-refractivity contribution in [2.45, 2.75) is 25.7 Å². The molecule has 0 spiro atoms. The molecule has 0 atom stereocenters. The number of nitrogens with one attached hydrogen (secondary N) is 2. The zero-order valence-corrected chi connectivity index (χ0v) is 18.4. The zero-order valence-electron chi connectivity index (χ0n) is 16.0. The van der Waals surface area contributed by atoms with Gasteiger partial charge in [-0.15, -0.1) is 11.3 Å². The smallest absolute Gasteiger partial charge is 0.269 e. The molecule has 3 amide bonds. The average molecular weight is 461 g/mol. The number of thioether (sulfide) groups is 1. The number of thiophene rings is 1. The first kappa shape index (κ1) is 22.1. The van der Waals surface area contributed by atoms with Gasteiger partial charge in [-0.25, -0.2) is 0 Å². The Kier molecular flexibility index (Phi) is 8.12. The number of pyridine rings is 1. The molecule has 1 aliphatic heterocycles. The second-order valence-electron chi connectivity index (χ2n) is 6.40. The highest BCUT2D eigenvalue weighted by Gasteiger charge is 2.31. The lowest BCUT2D eigenvalue weighted by atomic mass is 10.2. The predicted octanol–water partition coefficient (Wildman–Crippen LogP) is 3.37. The molecule has 0 aliphatic carbocycles. The Bertz CT molecular complexity index is 945. The number of carbonyl (C=O) groups excluding carboxylic acids is 3. The van der Waals surface area contributed by atoms with Gasteiger partial charge >= 0.3 is 0 Å². The first-order valence-electron chi connectivity index (χ1n) is 9.32. The molecule has 2 N–H and O–H groups in total. The minimum atomic E-state index is -0.393. The molecule has 3 heterocycles. The summed E-state index contributed by atoms with van der Waals surface area (Å²) < 4.78 is 0.569. The Hall–Kier alpha value is -2.56. The fourth-order valence-electron chi connectivity index (χ4n) is 2.69. The quantitative estimate of drug-likeness (QED) is 0.272. The van der Waals surface area contributed by atoms with Crippen molar-refractivity contribution in [3.8, 4) is 0 Å². The molecular weight excluding hydrogens is 440 g/mol. The van der Waals surface area contributed by atoms with Gasteiger partial charge in [0.2, 0.25) is 5.91 Å². The van der Waals surface area contributed by atoms with E-state index in [9.17, 15) is 14.4 Å². The molecule has 156 valence electrons. The molecule has 2 aromatic rings. The van der Waals surface area contributed by atoms with Crippen LogP contribution >= 0.6 is 35.3 Å². The molecule has 0 saturated carbocycles. The molecule has 1 aliphatic rings. The molecule has 10 heteroatoms. The predicted molar refractivity (Wildman–Crippen MR) is 123 cm³/mol. The number of hydrogen-bond acceptors (Lipinski definition) is 7. The highest BCUT2D eigenvalue weighted by molar-refractivity contribution is 8.26. The summed E-state index contributed by atoms with van der Waals surface area (Å²) >= 11 is 8.23. The van der Waals surface area contributed by atoms with E-state index in [1.54, 1.807) is 28.4 Å². The highest BCUT2D eigenvalue weighted by atomic mass is 32.2. The number of hydrazine groups is 1. The Morgan fingerprint density at radius 1 is 1.13 bits per heavy atom. The summed E-state index contributed by atoms with van der Waals surface area (Å²) in [6.45, 7) is 0.535. The van der Waals surface area contributed by atoms with Crippen LogP contribution in [0.15, 0.2) is 46.9 Å². The fraction of sp³-hybridized carbons (Fsp3) is 0.250. The van der Waals surface area contributed by atoms with E-state index in [1.165, 1.54) is 24.2 Å². The SMILES string of the molecule is O=C(CCCCCN1C(=O)/C(=C\c2cccs2)SC1=S)NNC(=O)c1ccncc1. The first-order chi connectivity index (χ1) is 14.5. The van der Waals surface area contributed by atoms with Crippen molar-refractivity contribution in [1.82, 2.24) is 20.7 Å². The maximum atomic E-state index is 12.5. The average Bonchev–Trinajstić information content (AvgIpc) is 3.35. The number of thiocarbonyl (C=S) groups is 1. The summed E-state index contributed by atoms with van der Waals surface area (Å²) in [6, 6.07) is 7.02. The van der Waals surface area contributed by atoms with Gasteiger partial charge in [0, 0.05) is 35.8 Å². The third kappa shape index (κ3) is 6.22. The van der Waals surface area contributed by atoms with Crippen molar-refractivity contribution in [3.05, 3.63) is 57.4 Å². The van der Waals surface area contributed by atoms with Crippen molar-refractivity contribution >= 4 is 63.4 Å². The van der Waals surface area contributed by atoms with E-state index in [-0.39, 0.29) is 18.2 Å². The maximum absolute atomic E-state index is 12.5. The number of rotatable bonds is 8. The van der Waals surface area contributed by atoms with Crippen LogP contribution in [0.5, 0.6) is 0 Å². The van der Waals surface area contributed by atoms with E-state index >= 15 is 0 Å². The summed E-state index contributed by atoms with van der Waals surface area (Å²) in [5, 5.41) is 1.97. The number of nitrogens with zero attached hydrogens (tertiary/aromatic N) is 2. The van der Waals surface area contributed by atoms with Gasteiger partial charge in [-0.05, 0) is 42.5 Å². The van der Waals surface area contributed by atoms with Crippen LogP contribution in [0, 0.1) is 0 Å². The number of aromatic nitrogens is 1. The summed E-state index contributed by atoms with van der Waals surface area (Å²) in [5.74, 6) is -0.715. The molecule has 1 fully saturated rings. The second-order valence-corrected chi connectivity index (χ2v) is 9.05. The Labute approximate surface area is 187 Å². The van der Waals surface area contributed by atoms with Crippen LogP contribution < -0.4 is 10.9 Å². The Morgan fingerprint density at radius 2 is 1.93 bits per heavy atom.